The van der Waals surface area contributed by atoms with Gasteiger partial charge in [0.25, 0.3) is 0 Å². The molecule has 0 radical (unpaired) electrons. The first-order valence-corrected chi connectivity index (χ1v) is 6.67. The highest BCUT2D eigenvalue weighted by molar-refractivity contribution is 8.93. The molecule has 0 spiro atoms. The third-order valence-corrected chi connectivity index (χ3v) is 3.49. The Kier molecular flexibility index (Phi) is 5.05. The molecule has 0 bridgehead atoms. The number of nitrogens with one attached hydrogen (secondary N) is 1. The summed E-state index contributed by atoms with van der Waals surface area (Å²) < 4.78 is 5.23. The van der Waals surface area contributed by atoms with Crippen LogP contribution in [0.2, 0.25) is 0 Å². The summed E-state index contributed by atoms with van der Waals surface area (Å²) in [5.74, 6) is -1.34. The predicted octanol–water partition coefficient (Wildman–Crippen LogP) is 2.68. The van der Waals surface area contributed by atoms with Crippen LogP contribution in [0.5, 0.6) is 11.5 Å². The Labute approximate surface area is 138 Å². The minimum absolute atomic E-state index is 0. The van der Waals surface area contributed by atoms with Crippen LogP contribution in [0.1, 0.15) is 27.6 Å². The van der Waals surface area contributed by atoms with Crippen molar-refractivity contribution in [3.05, 3.63) is 59.2 Å². The lowest BCUT2D eigenvalue weighted by atomic mass is 10.0. The van der Waals surface area contributed by atoms with E-state index in [4.69, 9.17) is 4.74 Å². The van der Waals surface area contributed by atoms with E-state index in [0.717, 1.165) is 5.56 Å². The molecule has 116 valence electrons. The Balaban J connectivity index is 0.00000176. The van der Waals surface area contributed by atoms with Crippen LogP contribution < -0.4 is 5.32 Å². The third kappa shape index (κ3) is 3.08. The van der Waals surface area contributed by atoms with Crippen LogP contribution in [0, 0.1) is 0 Å². The molecule has 1 aliphatic rings. The Morgan fingerprint density at radius 3 is 2.55 bits per heavy atom. The van der Waals surface area contributed by atoms with Crippen LogP contribution in [-0.4, -0.2) is 22.7 Å². The maximum absolute atomic E-state index is 11.8. The number of benzene rings is 2. The summed E-state index contributed by atoms with van der Waals surface area (Å²) in [7, 11) is 0. The van der Waals surface area contributed by atoms with Gasteiger partial charge in [-0.1, -0.05) is 36.4 Å². The summed E-state index contributed by atoms with van der Waals surface area (Å²) in [5.41, 5.74) is 1.79. The van der Waals surface area contributed by atoms with E-state index in [1.807, 2.05) is 30.3 Å². The first kappa shape index (κ1) is 16.3. The van der Waals surface area contributed by atoms with E-state index in [2.05, 4.69) is 5.32 Å². The van der Waals surface area contributed by atoms with E-state index in [1.54, 1.807) is 6.07 Å². The standard InChI is InChI=1S/C16H15NO4.BrH/c18-12-7-6-11-13(21-16(20)14(11)15(12)19)9-17-8-10-4-2-1-3-5-10;/h1-7,13,17-19H,8-9H2;1H. The molecule has 1 atom stereocenters. The lowest BCUT2D eigenvalue weighted by Gasteiger charge is -2.12. The smallest absolute Gasteiger partial charge is 0.343 e. The summed E-state index contributed by atoms with van der Waals surface area (Å²) in [6, 6.07) is 12.8. The number of halogens is 1. The quantitative estimate of drug-likeness (QED) is 0.573. The van der Waals surface area contributed by atoms with Crippen molar-refractivity contribution < 1.29 is 19.7 Å². The third-order valence-electron chi connectivity index (χ3n) is 3.49. The van der Waals surface area contributed by atoms with E-state index in [0.29, 0.717) is 18.7 Å². The number of phenolic OH excluding ortho intramolecular Hbond substituents is 2. The normalized spacial score (nSPS) is 15.8. The van der Waals surface area contributed by atoms with Gasteiger partial charge in [-0.3, -0.25) is 0 Å². The average molecular weight is 366 g/mol. The monoisotopic (exact) mass is 365 g/mol. The molecule has 2 aromatic carbocycles. The summed E-state index contributed by atoms with van der Waals surface area (Å²) in [5, 5.41) is 22.4. The topological polar surface area (TPSA) is 78.8 Å². The summed E-state index contributed by atoms with van der Waals surface area (Å²) in [4.78, 5) is 11.8. The van der Waals surface area contributed by atoms with Crippen molar-refractivity contribution >= 4 is 23.0 Å². The number of ether oxygens (including phenoxy) is 1. The van der Waals surface area contributed by atoms with E-state index >= 15 is 0 Å². The highest BCUT2D eigenvalue weighted by Crippen LogP contribution is 2.40. The molecular weight excluding hydrogens is 350 g/mol. The second-order valence-corrected chi connectivity index (χ2v) is 4.91. The number of hydrogen-bond acceptors (Lipinski definition) is 5. The fourth-order valence-corrected chi connectivity index (χ4v) is 2.43. The molecular formula is C16H16BrNO4. The SMILES string of the molecule is Br.O=C1OC(CNCc2ccccc2)c2ccc(O)c(O)c21. The maximum Gasteiger partial charge on any atom is 0.343 e. The number of carbonyl (C=O) groups excluding carboxylic acids is 1. The molecule has 1 aliphatic heterocycles. The molecule has 0 amide bonds. The van der Waals surface area contributed by atoms with Gasteiger partial charge in [-0.05, 0) is 11.6 Å². The second-order valence-electron chi connectivity index (χ2n) is 4.91. The van der Waals surface area contributed by atoms with Crippen molar-refractivity contribution in [2.75, 3.05) is 6.54 Å². The molecule has 0 saturated carbocycles. The number of phenols is 2. The van der Waals surface area contributed by atoms with E-state index in [-0.39, 0.29) is 28.3 Å². The Bertz CT molecular complexity index is 675. The fraction of sp³-hybridized carbons (Fsp3) is 0.188. The van der Waals surface area contributed by atoms with Crippen molar-refractivity contribution in [3.63, 3.8) is 0 Å². The van der Waals surface area contributed by atoms with Crippen molar-refractivity contribution in [1.82, 2.24) is 5.32 Å². The van der Waals surface area contributed by atoms with Crippen LogP contribution in [-0.2, 0) is 11.3 Å². The fourth-order valence-electron chi connectivity index (χ4n) is 2.43. The molecule has 0 fully saturated rings. The minimum Gasteiger partial charge on any atom is -0.504 e. The zero-order valence-corrected chi connectivity index (χ0v) is 13.4. The Hall–Kier alpha value is -2.05. The van der Waals surface area contributed by atoms with Gasteiger partial charge in [0.15, 0.2) is 11.5 Å². The molecule has 1 unspecified atom stereocenters. The molecule has 5 nitrogen and oxygen atoms in total. The number of rotatable bonds is 4. The summed E-state index contributed by atoms with van der Waals surface area (Å²) in [6.07, 6.45) is -0.456. The van der Waals surface area contributed by atoms with Crippen LogP contribution in [0.15, 0.2) is 42.5 Å². The van der Waals surface area contributed by atoms with E-state index in [1.165, 1.54) is 6.07 Å². The summed E-state index contributed by atoms with van der Waals surface area (Å²) >= 11 is 0. The number of carbonyl (C=O) groups is 1. The molecule has 6 heteroatoms. The first-order chi connectivity index (χ1) is 10.2. The van der Waals surface area contributed by atoms with Gasteiger partial charge in [-0.25, -0.2) is 4.79 Å². The van der Waals surface area contributed by atoms with Crippen molar-refractivity contribution in [3.8, 4) is 11.5 Å². The maximum atomic E-state index is 11.8. The molecule has 0 aromatic heterocycles. The van der Waals surface area contributed by atoms with Gasteiger partial charge in [-0.2, -0.15) is 0 Å². The molecule has 0 aliphatic carbocycles. The Morgan fingerprint density at radius 2 is 1.82 bits per heavy atom. The first-order valence-electron chi connectivity index (χ1n) is 6.67. The molecule has 22 heavy (non-hydrogen) atoms. The van der Waals surface area contributed by atoms with Gasteiger partial charge < -0.3 is 20.3 Å². The predicted molar refractivity (Wildman–Crippen MR) is 86.4 cm³/mol. The number of fused-ring (bicyclic) bond motifs is 1. The molecule has 1 heterocycles. The number of aromatic hydroxyl groups is 2. The average Bonchev–Trinajstić information content (AvgIpc) is 2.81. The van der Waals surface area contributed by atoms with E-state index in [9.17, 15) is 15.0 Å². The van der Waals surface area contributed by atoms with Crippen molar-refractivity contribution in [2.45, 2.75) is 12.6 Å². The molecule has 2 aromatic rings. The highest BCUT2D eigenvalue weighted by atomic mass is 79.9. The largest absolute Gasteiger partial charge is 0.504 e. The van der Waals surface area contributed by atoms with E-state index < -0.39 is 17.8 Å². The molecule has 3 N–H and O–H groups in total. The Morgan fingerprint density at radius 1 is 1.09 bits per heavy atom. The van der Waals surface area contributed by atoms with Gasteiger partial charge in [0.1, 0.15) is 11.7 Å². The molecule has 0 saturated heterocycles. The zero-order chi connectivity index (χ0) is 14.8. The zero-order valence-electron chi connectivity index (χ0n) is 11.7. The minimum atomic E-state index is -0.607. The highest BCUT2D eigenvalue weighted by Gasteiger charge is 2.34. The summed E-state index contributed by atoms with van der Waals surface area (Å²) in [6.45, 7) is 1.10. The van der Waals surface area contributed by atoms with Gasteiger partial charge in [-0.15, -0.1) is 17.0 Å². The number of hydrogen-bond donors (Lipinski definition) is 3. The molecule has 3 rings (SSSR count). The lowest BCUT2D eigenvalue weighted by molar-refractivity contribution is 0.0384. The van der Waals surface area contributed by atoms with Crippen LogP contribution >= 0.6 is 17.0 Å². The lowest BCUT2D eigenvalue weighted by Crippen LogP contribution is -2.21. The van der Waals surface area contributed by atoms with Crippen LogP contribution in [0.25, 0.3) is 0 Å². The van der Waals surface area contributed by atoms with Gasteiger partial charge in [0.05, 0.1) is 0 Å². The van der Waals surface area contributed by atoms with Gasteiger partial charge in [0.2, 0.25) is 0 Å². The number of esters is 1. The van der Waals surface area contributed by atoms with Gasteiger partial charge in [0, 0.05) is 18.7 Å². The van der Waals surface area contributed by atoms with Crippen molar-refractivity contribution in [2.24, 2.45) is 0 Å². The van der Waals surface area contributed by atoms with Crippen molar-refractivity contribution in [1.29, 1.82) is 0 Å². The van der Waals surface area contributed by atoms with Crippen LogP contribution in [0.4, 0.5) is 0 Å². The second kappa shape index (κ2) is 6.81. The van der Waals surface area contributed by atoms with Crippen LogP contribution in [0.3, 0.4) is 0 Å². The number of cyclic esters (lactones) is 1. The van der Waals surface area contributed by atoms with Gasteiger partial charge >= 0.3 is 5.97 Å².